The molecule has 0 unspecified atom stereocenters. The fraction of sp³-hybridized carbons (Fsp3) is 0.267. The fourth-order valence-electron chi connectivity index (χ4n) is 2.50. The van der Waals surface area contributed by atoms with Gasteiger partial charge in [0.15, 0.2) is 0 Å². The van der Waals surface area contributed by atoms with E-state index in [0.717, 1.165) is 36.8 Å². The number of carbonyl (C=O) groups excluding carboxylic acids is 1. The highest BCUT2D eigenvalue weighted by Gasteiger charge is 2.32. The lowest BCUT2D eigenvalue weighted by molar-refractivity contribution is -0.137. The second kappa shape index (κ2) is 4.51. The molecule has 1 aromatic rings. The maximum absolute atomic E-state index is 12.7. The van der Waals surface area contributed by atoms with Crippen LogP contribution in [0.4, 0.5) is 13.2 Å². The number of hydrogen-bond donors (Lipinski definition) is 0. The minimum absolute atomic E-state index is 0.153. The Morgan fingerprint density at radius 1 is 1.20 bits per heavy atom. The average molecular weight is 280 g/mol. The third kappa shape index (κ3) is 2.13. The standard InChI is InChI=1S/C15H11F3O2/c16-15(17,18)12-5-4-9-6-10-2-1-3-11(8-19)14(10)20-13(9)7-12/h4-8H,1-3H2. The molecule has 1 heterocycles. The molecule has 0 bridgehead atoms. The number of aldehydes is 1. The molecule has 5 heteroatoms. The number of rotatable bonds is 1. The minimum Gasteiger partial charge on any atom is -0.456 e. The van der Waals surface area contributed by atoms with Crippen molar-refractivity contribution in [3.63, 3.8) is 0 Å². The monoisotopic (exact) mass is 280 g/mol. The van der Waals surface area contributed by atoms with E-state index in [-0.39, 0.29) is 5.75 Å². The topological polar surface area (TPSA) is 26.3 Å². The zero-order valence-corrected chi connectivity index (χ0v) is 10.5. The molecular weight excluding hydrogens is 269 g/mol. The number of allylic oxidation sites excluding steroid dienone is 2. The number of halogens is 3. The van der Waals surface area contributed by atoms with Crippen molar-refractivity contribution in [2.24, 2.45) is 0 Å². The second-order valence-corrected chi connectivity index (χ2v) is 4.85. The molecule has 0 saturated heterocycles. The first-order valence-corrected chi connectivity index (χ1v) is 6.27. The Hall–Kier alpha value is -2.04. The zero-order chi connectivity index (χ0) is 14.3. The molecule has 1 aliphatic carbocycles. The normalized spacial score (nSPS) is 17.9. The minimum atomic E-state index is -4.41. The maximum atomic E-state index is 12.7. The third-order valence-corrected chi connectivity index (χ3v) is 3.50. The van der Waals surface area contributed by atoms with Gasteiger partial charge in [0.2, 0.25) is 0 Å². The molecular formula is C15H11F3O2. The first-order valence-electron chi connectivity index (χ1n) is 6.27. The Balaban J connectivity index is 2.10. The molecule has 0 amide bonds. The molecule has 0 spiro atoms. The second-order valence-electron chi connectivity index (χ2n) is 4.85. The lowest BCUT2D eigenvalue weighted by Crippen LogP contribution is -2.14. The largest absolute Gasteiger partial charge is 0.456 e. The molecule has 0 N–H and O–H groups in total. The van der Waals surface area contributed by atoms with Crippen LogP contribution in [0, 0.1) is 0 Å². The number of carbonyl (C=O) groups is 1. The molecule has 0 atom stereocenters. The van der Waals surface area contributed by atoms with E-state index in [1.807, 2.05) is 0 Å². The van der Waals surface area contributed by atoms with Crippen molar-refractivity contribution in [3.05, 3.63) is 46.2 Å². The summed E-state index contributed by atoms with van der Waals surface area (Å²) < 4.78 is 43.6. The van der Waals surface area contributed by atoms with Crippen molar-refractivity contribution in [3.8, 4) is 5.75 Å². The number of alkyl halides is 3. The van der Waals surface area contributed by atoms with Crippen molar-refractivity contribution in [2.75, 3.05) is 0 Å². The molecule has 0 fully saturated rings. The van der Waals surface area contributed by atoms with Crippen LogP contribution >= 0.6 is 0 Å². The van der Waals surface area contributed by atoms with Crippen molar-refractivity contribution in [1.82, 2.24) is 0 Å². The number of benzene rings is 1. The van der Waals surface area contributed by atoms with E-state index in [9.17, 15) is 18.0 Å². The third-order valence-electron chi connectivity index (χ3n) is 3.50. The Morgan fingerprint density at radius 3 is 2.70 bits per heavy atom. The van der Waals surface area contributed by atoms with Crippen molar-refractivity contribution >= 4 is 12.4 Å². The predicted octanol–water partition coefficient (Wildman–Crippen LogP) is 4.12. The molecule has 2 nitrogen and oxygen atoms in total. The van der Waals surface area contributed by atoms with Crippen molar-refractivity contribution in [1.29, 1.82) is 0 Å². The smallest absolute Gasteiger partial charge is 0.416 e. The maximum Gasteiger partial charge on any atom is 0.416 e. The van der Waals surface area contributed by atoms with E-state index in [1.54, 1.807) is 6.08 Å². The van der Waals surface area contributed by atoms with Gasteiger partial charge in [-0.3, -0.25) is 4.79 Å². The van der Waals surface area contributed by atoms with Gasteiger partial charge in [0.1, 0.15) is 17.8 Å². The number of ether oxygens (including phenoxy) is 1. The Bertz CT molecular complexity index is 639. The average Bonchev–Trinajstić information content (AvgIpc) is 2.42. The number of hydrogen-bond acceptors (Lipinski definition) is 2. The Labute approximate surface area is 113 Å². The predicted molar refractivity (Wildman–Crippen MR) is 67.0 cm³/mol. The molecule has 1 aromatic carbocycles. The fourth-order valence-corrected chi connectivity index (χ4v) is 2.50. The molecule has 1 aliphatic heterocycles. The van der Waals surface area contributed by atoms with Gasteiger partial charge in [0, 0.05) is 11.1 Å². The molecule has 0 radical (unpaired) electrons. The van der Waals surface area contributed by atoms with Crippen LogP contribution in [0.25, 0.3) is 6.08 Å². The summed E-state index contributed by atoms with van der Waals surface area (Å²) in [5.74, 6) is 0.581. The van der Waals surface area contributed by atoms with Gasteiger partial charge < -0.3 is 4.74 Å². The Morgan fingerprint density at radius 2 is 2.00 bits per heavy atom. The molecule has 3 rings (SSSR count). The van der Waals surface area contributed by atoms with Gasteiger partial charge in [-0.2, -0.15) is 13.2 Å². The summed E-state index contributed by atoms with van der Waals surface area (Å²) in [6, 6.07) is 3.42. The van der Waals surface area contributed by atoms with Crippen LogP contribution in [0.5, 0.6) is 5.75 Å². The Kier molecular flexibility index (Phi) is 2.92. The molecule has 0 saturated carbocycles. The summed E-state index contributed by atoms with van der Waals surface area (Å²) in [7, 11) is 0. The summed E-state index contributed by atoms with van der Waals surface area (Å²) in [4.78, 5) is 11.0. The quantitative estimate of drug-likeness (QED) is 0.723. The first kappa shape index (κ1) is 13.0. The summed E-state index contributed by atoms with van der Waals surface area (Å²) in [5.41, 5.74) is 1.26. The van der Waals surface area contributed by atoms with Crippen LogP contribution in [0.15, 0.2) is 35.1 Å². The van der Waals surface area contributed by atoms with Gasteiger partial charge in [-0.1, -0.05) is 6.07 Å². The van der Waals surface area contributed by atoms with Gasteiger partial charge in [-0.15, -0.1) is 0 Å². The van der Waals surface area contributed by atoms with Gasteiger partial charge in [0.25, 0.3) is 0 Å². The number of fused-ring (bicyclic) bond motifs is 2. The van der Waals surface area contributed by atoms with Gasteiger partial charge in [-0.25, -0.2) is 0 Å². The summed E-state index contributed by atoms with van der Waals surface area (Å²) in [6.07, 6.45) is 0.342. The SMILES string of the molecule is O=CC1=C2Oc3cc(C(F)(F)F)ccc3C=C2CCC1. The van der Waals surface area contributed by atoms with Gasteiger partial charge in [-0.05, 0) is 43.0 Å². The molecule has 20 heavy (non-hydrogen) atoms. The summed E-state index contributed by atoms with van der Waals surface area (Å²) in [5, 5.41) is 0. The highest BCUT2D eigenvalue weighted by atomic mass is 19.4. The highest BCUT2D eigenvalue weighted by Crippen LogP contribution is 2.41. The van der Waals surface area contributed by atoms with E-state index in [2.05, 4.69) is 0 Å². The van der Waals surface area contributed by atoms with E-state index in [1.165, 1.54) is 6.07 Å². The zero-order valence-electron chi connectivity index (χ0n) is 10.5. The molecule has 104 valence electrons. The van der Waals surface area contributed by atoms with Crippen LogP contribution in [0.3, 0.4) is 0 Å². The van der Waals surface area contributed by atoms with Crippen LogP contribution in [-0.4, -0.2) is 6.29 Å². The van der Waals surface area contributed by atoms with Crippen molar-refractivity contribution < 1.29 is 22.7 Å². The van der Waals surface area contributed by atoms with E-state index in [0.29, 0.717) is 23.3 Å². The summed E-state index contributed by atoms with van der Waals surface area (Å²) in [6.45, 7) is 0. The lowest BCUT2D eigenvalue weighted by atomic mass is 9.90. The van der Waals surface area contributed by atoms with Gasteiger partial charge >= 0.3 is 6.18 Å². The van der Waals surface area contributed by atoms with Crippen LogP contribution in [-0.2, 0) is 11.0 Å². The molecule has 2 aliphatic rings. The van der Waals surface area contributed by atoms with E-state index in [4.69, 9.17) is 4.74 Å². The van der Waals surface area contributed by atoms with Crippen LogP contribution in [0.1, 0.15) is 30.4 Å². The lowest BCUT2D eigenvalue weighted by Gasteiger charge is -2.26. The molecule has 0 aromatic heterocycles. The van der Waals surface area contributed by atoms with E-state index < -0.39 is 11.7 Å². The van der Waals surface area contributed by atoms with Gasteiger partial charge in [0.05, 0.1) is 5.56 Å². The van der Waals surface area contributed by atoms with Crippen LogP contribution in [0.2, 0.25) is 0 Å². The van der Waals surface area contributed by atoms with Crippen molar-refractivity contribution in [2.45, 2.75) is 25.4 Å². The van der Waals surface area contributed by atoms with E-state index >= 15 is 0 Å². The first-order chi connectivity index (χ1) is 9.49. The van der Waals surface area contributed by atoms with Crippen LogP contribution < -0.4 is 4.74 Å². The highest BCUT2D eigenvalue weighted by molar-refractivity contribution is 5.79. The summed E-state index contributed by atoms with van der Waals surface area (Å²) >= 11 is 0.